The van der Waals surface area contributed by atoms with E-state index in [1.165, 1.54) is 37.1 Å². The van der Waals surface area contributed by atoms with Gasteiger partial charge < -0.3 is 15.0 Å². The lowest BCUT2D eigenvalue weighted by Gasteiger charge is -2.30. The molecule has 2 aliphatic rings. The fraction of sp³-hybridized carbons (Fsp3) is 0.654. The minimum Gasteiger partial charge on any atom is -0.478 e. The number of fused-ring (bicyclic) bond motifs is 1. The van der Waals surface area contributed by atoms with Gasteiger partial charge in [0.1, 0.15) is 0 Å². The van der Waals surface area contributed by atoms with Crippen LogP contribution in [-0.2, 0) is 24.1 Å². The molecular formula is C26H38N4O2S. The van der Waals surface area contributed by atoms with Crippen molar-refractivity contribution in [1.29, 1.82) is 0 Å². The van der Waals surface area contributed by atoms with Gasteiger partial charge in [0.05, 0.1) is 18.0 Å². The van der Waals surface area contributed by atoms with E-state index >= 15 is 0 Å². The molecule has 1 N–H and O–H groups in total. The van der Waals surface area contributed by atoms with Gasteiger partial charge in [0, 0.05) is 48.4 Å². The molecule has 0 spiro atoms. The van der Waals surface area contributed by atoms with Gasteiger partial charge in [-0.15, -0.1) is 11.3 Å². The topological polar surface area (TPSA) is 67.3 Å². The van der Waals surface area contributed by atoms with E-state index in [0.29, 0.717) is 12.5 Å². The number of pyridine rings is 1. The Hall–Kier alpha value is -1.99. The van der Waals surface area contributed by atoms with Crippen LogP contribution in [0.2, 0.25) is 0 Å². The third-order valence-electron chi connectivity index (χ3n) is 6.93. The minimum absolute atomic E-state index is 0.142. The summed E-state index contributed by atoms with van der Waals surface area (Å²) in [6.07, 6.45) is 11.3. The van der Waals surface area contributed by atoms with Gasteiger partial charge in [-0.2, -0.15) is 0 Å². The summed E-state index contributed by atoms with van der Waals surface area (Å²) in [4.78, 5) is 25.0. The van der Waals surface area contributed by atoms with Gasteiger partial charge in [0.2, 0.25) is 11.8 Å². The largest absolute Gasteiger partial charge is 0.478 e. The number of aromatic nitrogens is 2. The molecule has 4 rings (SSSR count). The van der Waals surface area contributed by atoms with E-state index in [9.17, 15) is 4.79 Å². The molecule has 1 aliphatic carbocycles. The summed E-state index contributed by atoms with van der Waals surface area (Å²) in [6.45, 7) is 8.20. The SMILES string of the molecule is CCCOc1ccc2c(n1)CCN(CC[C@H]1CC[C@H](NC(=O)Cc3cnc(C)s3)CC1)CC2. The molecule has 1 aliphatic heterocycles. The van der Waals surface area contributed by atoms with Crippen molar-refractivity contribution in [2.45, 2.75) is 77.7 Å². The van der Waals surface area contributed by atoms with Crippen molar-refractivity contribution in [3.63, 3.8) is 0 Å². The highest BCUT2D eigenvalue weighted by atomic mass is 32.1. The molecule has 0 unspecified atom stereocenters. The lowest BCUT2D eigenvalue weighted by atomic mass is 9.84. The number of carbonyl (C=O) groups is 1. The third-order valence-corrected chi connectivity index (χ3v) is 7.84. The Morgan fingerprint density at radius 2 is 2.03 bits per heavy atom. The molecule has 0 bridgehead atoms. The number of amides is 1. The van der Waals surface area contributed by atoms with E-state index in [0.717, 1.165) is 73.5 Å². The standard InChI is InChI=1S/C26H38N4O2S/c1-3-16-32-26-9-6-21-11-14-30(15-12-24(21)29-26)13-10-20-4-7-22(8-5-20)28-25(31)17-23-18-27-19(2)33-23/h6,9,18,20,22H,3-5,7-8,10-17H2,1-2H3,(H,28,31)/t20-,22-. The highest BCUT2D eigenvalue weighted by molar-refractivity contribution is 7.11. The molecule has 2 aromatic heterocycles. The average molecular weight is 471 g/mol. The van der Waals surface area contributed by atoms with Crippen LogP contribution in [0.1, 0.15) is 66.6 Å². The molecule has 3 heterocycles. The maximum Gasteiger partial charge on any atom is 0.225 e. The Bertz CT molecular complexity index is 907. The fourth-order valence-electron chi connectivity index (χ4n) is 5.00. The molecule has 0 radical (unpaired) electrons. The summed E-state index contributed by atoms with van der Waals surface area (Å²) in [5.41, 5.74) is 2.60. The molecule has 180 valence electrons. The molecule has 33 heavy (non-hydrogen) atoms. The Labute approximate surface area is 202 Å². The number of nitrogens with one attached hydrogen (secondary N) is 1. The molecular weight excluding hydrogens is 432 g/mol. The number of hydrogen-bond acceptors (Lipinski definition) is 6. The smallest absolute Gasteiger partial charge is 0.225 e. The third kappa shape index (κ3) is 7.24. The maximum absolute atomic E-state index is 12.4. The van der Waals surface area contributed by atoms with Gasteiger partial charge in [0.15, 0.2) is 0 Å². The van der Waals surface area contributed by atoms with Crippen molar-refractivity contribution in [2.75, 3.05) is 26.2 Å². The van der Waals surface area contributed by atoms with Crippen LogP contribution in [0.4, 0.5) is 0 Å². The van der Waals surface area contributed by atoms with Gasteiger partial charge in [0.25, 0.3) is 0 Å². The van der Waals surface area contributed by atoms with Gasteiger partial charge in [-0.1, -0.05) is 13.0 Å². The predicted octanol–water partition coefficient (Wildman–Crippen LogP) is 4.34. The number of hydrogen-bond donors (Lipinski definition) is 1. The van der Waals surface area contributed by atoms with E-state index < -0.39 is 0 Å². The van der Waals surface area contributed by atoms with Gasteiger partial charge in [-0.25, -0.2) is 9.97 Å². The first-order valence-corrected chi connectivity index (χ1v) is 13.4. The van der Waals surface area contributed by atoms with E-state index in [-0.39, 0.29) is 5.91 Å². The number of thiazole rings is 1. The average Bonchev–Trinajstić information content (AvgIpc) is 3.11. The molecule has 7 heteroatoms. The molecule has 0 atom stereocenters. The zero-order valence-corrected chi connectivity index (χ0v) is 21.0. The molecule has 6 nitrogen and oxygen atoms in total. The highest BCUT2D eigenvalue weighted by Gasteiger charge is 2.24. The highest BCUT2D eigenvalue weighted by Crippen LogP contribution is 2.28. The van der Waals surface area contributed by atoms with Crippen LogP contribution in [0.25, 0.3) is 0 Å². The van der Waals surface area contributed by atoms with Crippen molar-refractivity contribution in [3.05, 3.63) is 39.5 Å². The number of carbonyl (C=O) groups excluding carboxylic acids is 1. The fourth-order valence-corrected chi connectivity index (χ4v) is 5.80. The Morgan fingerprint density at radius 1 is 1.21 bits per heavy atom. The lowest BCUT2D eigenvalue weighted by molar-refractivity contribution is -0.121. The zero-order valence-electron chi connectivity index (χ0n) is 20.1. The van der Waals surface area contributed by atoms with E-state index in [4.69, 9.17) is 9.72 Å². The molecule has 0 saturated heterocycles. The van der Waals surface area contributed by atoms with Crippen molar-refractivity contribution >= 4 is 17.2 Å². The van der Waals surface area contributed by atoms with Crippen LogP contribution in [-0.4, -0.2) is 53.1 Å². The maximum atomic E-state index is 12.4. The number of aryl methyl sites for hydroxylation is 1. The first-order valence-electron chi connectivity index (χ1n) is 12.6. The second kappa shape index (κ2) is 11.9. The van der Waals surface area contributed by atoms with E-state index in [2.05, 4.69) is 28.2 Å². The summed E-state index contributed by atoms with van der Waals surface area (Å²) < 4.78 is 5.73. The van der Waals surface area contributed by atoms with Crippen molar-refractivity contribution in [3.8, 4) is 5.88 Å². The number of rotatable bonds is 9. The van der Waals surface area contributed by atoms with Crippen LogP contribution >= 0.6 is 11.3 Å². The lowest BCUT2D eigenvalue weighted by Crippen LogP contribution is -2.38. The summed E-state index contributed by atoms with van der Waals surface area (Å²) in [6, 6.07) is 4.58. The second-order valence-corrected chi connectivity index (χ2v) is 10.9. The van der Waals surface area contributed by atoms with Crippen molar-refractivity contribution in [1.82, 2.24) is 20.2 Å². The van der Waals surface area contributed by atoms with Crippen LogP contribution < -0.4 is 10.1 Å². The summed E-state index contributed by atoms with van der Waals surface area (Å²) >= 11 is 1.61. The number of ether oxygens (including phenoxy) is 1. The first-order chi connectivity index (χ1) is 16.1. The summed E-state index contributed by atoms with van der Waals surface area (Å²) in [7, 11) is 0. The van der Waals surface area contributed by atoms with E-state index in [1.54, 1.807) is 11.3 Å². The molecule has 0 aromatic carbocycles. The van der Waals surface area contributed by atoms with Crippen LogP contribution in [0.5, 0.6) is 5.88 Å². The molecule has 1 fully saturated rings. The Balaban J connectivity index is 1.15. The van der Waals surface area contributed by atoms with Crippen molar-refractivity contribution < 1.29 is 9.53 Å². The molecule has 1 amide bonds. The van der Waals surface area contributed by atoms with E-state index in [1.807, 2.05) is 19.2 Å². The normalized spacial score (nSPS) is 21.3. The molecule has 2 aromatic rings. The van der Waals surface area contributed by atoms with Crippen LogP contribution in [0.15, 0.2) is 18.3 Å². The van der Waals surface area contributed by atoms with Gasteiger partial charge in [-0.05, 0) is 69.9 Å². The first kappa shape index (κ1) is 24.1. The second-order valence-electron chi connectivity index (χ2n) is 9.54. The van der Waals surface area contributed by atoms with Gasteiger partial charge in [-0.3, -0.25) is 4.79 Å². The minimum atomic E-state index is 0.142. The monoisotopic (exact) mass is 470 g/mol. The predicted molar refractivity (Wildman–Crippen MR) is 133 cm³/mol. The van der Waals surface area contributed by atoms with Crippen LogP contribution in [0, 0.1) is 12.8 Å². The van der Waals surface area contributed by atoms with Gasteiger partial charge >= 0.3 is 0 Å². The zero-order chi connectivity index (χ0) is 23.0. The molecule has 1 saturated carbocycles. The quantitative estimate of drug-likeness (QED) is 0.590. The Morgan fingerprint density at radius 3 is 2.79 bits per heavy atom. The van der Waals surface area contributed by atoms with Crippen molar-refractivity contribution in [2.24, 2.45) is 5.92 Å². The number of nitrogens with zero attached hydrogens (tertiary/aromatic N) is 3. The summed E-state index contributed by atoms with van der Waals surface area (Å²) in [5, 5.41) is 4.27. The Kier molecular flexibility index (Phi) is 8.73. The van der Waals surface area contributed by atoms with Crippen LogP contribution in [0.3, 0.4) is 0 Å². The summed E-state index contributed by atoms with van der Waals surface area (Å²) in [5.74, 6) is 1.69.